The van der Waals surface area contributed by atoms with E-state index in [2.05, 4.69) is 34.7 Å². The van der Waals surface area contributed by atoms with Gasteiger partial charge in [-0.3, -0.25) is 0 Å². The lowest BCUT2D eigenvalue weighted by atomic mass is 10.1. The van der Waals surface area contributed by atoms with Crippen LogP contribution in [0.4, 0.5) is 10.2 Å². The summed E-state index contributed by atoms with van der Waals surface area (Å²) in [5.41, 5.74) is 7.85. The molecule has 2 rings (SSSR count). The first kappa shape index (κ1) is 19.3. The van der Waals surface area contributed by atoms with Crippen molar-refractivity contribution in [1.29, 1.82) is 0 Å². The van der Waals surface area contributed by atoms with E-state index in [1.54, 1.807) is 0 Å². The third-order valence-electron chi connectivity index (χ3n) is 3.93. The number of hydrazine groups is 1. The van der Waals surface area contributed by atoms with Crippen LogP contribution in [-0.2, 0) is 6.54 Å². The fourth-order valence-corrected chi connectivity index (χ4v) is 2.47. The van der Waals surface area contributed by atoms with Gasteiger partial charge >= 0.3 is 0 Å². The minimum Gasteiger partial charge on any atom is -0.304 e. The fraction of sp³-hybridized carbons (Fsp3) is 0.368. The Labute approximate surface area is 152 Å². The van der Waals surface area contributed by atoms with Crippen LogP contribution < -0.4 is 21.5 Å². The topological polar surface area (TPSA) is 49.8 Å². The van der Waals surface area contributed by atoms with Crippen molar-refractivity contribution in [3.8, 4) is 0 Å². The van der Waals surface area contributed by atoms with Crippen LogP contribution >= 0.6 is 11.6 Å². The molecule has 0 bridgehead atoms. The molecular weight excluding hydrogens is 339 g/mol. The monoisotopic (exact) mass is 362 g/mol. The number of aryl methyl sites for hydroxylation is 1. The molecule has 4 nitrogen and oxygen atoms in total. The van der Waals surface area contributed by atoms with Crippen molar-refractivity contribution in [2.24, 2.45) is 5.92 Å². The molecule has 0 spiro atoms. The highest BCUT2D eigenvalue weighted by Crippen LogP contribution is 2.14. The second kappa shape index (κ2) is 9.49. The zero-order valence-electron chi connectivity index (χ0n) is 14.8. The smallest absolute Gasteiger partial charge is 0.162 e. The number of benzene rings is 1. The minimum atomic E-state index is -0.578. The van der Waals surface area contributed by atoms with Gasteiger partial charge in [0.05, 0.1) is 16.4 Å². The molecule has 1 aromatic heterocycles. The lowest BCUT2D eigenvalue weighted by Gasteiger charge is -2.11. The normalized spacial score (nSPS) is 14.0. The van der Waals surface area contributed by atoms with Gasteiger partial charge in [0.2, 0.25) is 0 Å². The van der Waals surface area contributed by atoms with Crippen LogP contribution in [0.15, 0.2) is 24.3 Å². The molecule has 0 aliphatic carbocycles. The molecule has 0 saturated carbocycles. The SMILES string of the molecule is CCC(C)/C=c1/nc(C)c(NNCc2ccccc2Cl)n/c1=C/CF. The number of anilines is 1. The van der Waals surface area contributed by atoms with Gasteiger partial charge in [0, 0.05) is 11.6 Å². The van der Waals surface area contributed by atoms with E-state index in [0.29, 0.717) is 28.7 Å². The molecule has 0 amide bonds. The lowest BCUT2D eigenvalue weighted by Crippen LogP contribution is -2.36. The van der Waals surface area contributed by atoms with Gasteiger partial charge in [0.1, 0.15) is 6.67 Å². The summed E-state index contributed by atoms with van der Waals surface area (Å²) in [6.07, 6.45) is 4.47. The average molecular weight is 363 g/mol. The van der Waals surface area contributed by atoms with Gasteiger partial charge in [-0.2, -0.15) is 0 Å². The summed E-state index contributed by atoms with van der Waals surface area (Å²) < 4.78 is 12.8. The Morgan fingerprint density at radius 1 is 1.24 bits per heavy atom. The third-order valence-corrected chi connectivity index (χ3v) is 4.29. The lowest BCUT2D eigenvalue weighted by molar-refractivity contribution is 0.577. The zero-order chi connectivity index (χ0) is 18.2. The van der Waals surface area contributed by atoms with Gasteiger partial charge in [0.15, 0.2) is 5.82 Å². The van der Waals surface area contributed by atoms with Crippen molar-refractivity contribution in [3.63, 3.8) is 0 Å². The first-order valence-electron chi connectivity index (χ1n) is 8.40. The van der Waals surface area contributed by atoms with Crippen LogP contribution in [0.25, 0.3) is 12.2 Å². The van der Waals surface area contributed by atoms with Crippen molar-refractivity contribution in [3.05, 3.63) is 51.2 Å². The van der Waals surface area contributed by atoms with Crippen molar-refractivity contribution in [1.82, 2.24) is 15.4 Å². The highest BCUT2D eigenvalue weighted by atomic mass is 35.5. The summed E-state index contributed by atoms with van der Waals surface area (Å²) in [6.45, 7) is 6.04. The molecule has 0 saturated heterocycles. The highest BCUT2D eigenvalue weighted by molar-refractivity contribution is 6.31. The number of hydrogen-bond acceptors (Lipinski definition) is 4. The first-order chi connectivity index (χ1) is 12.0. The Kier molecular flexibility index (Phi) is 7.34. The molecule has 1 unspecified atom stereocenters. The number of hydrogen-bond donors (Lipinski definition) is 2. The maximum Gasteiger partial charge on any atom is 0.162 e. The molecule has 0 aliphatic heterocycles. The van der Waals surface area contributed by atoms with E-state index in [-0.39, 0.29) is 0 Å². The van der Waals surface area contributed by atoms with Crippen LogP contribution in [0.2, 0.25) is 5.02 Å². The number of rotatable bonds is 7. The Morgan fingerprint density at radius 2 is 2.00 bits per heavy atom. The van der Waals surface area contributed by atoms with E-state index >= 15 is 0 Å². The Hall–Kier alpha value is -1.98. The second-order valence-electron chi connectivity index (χ2n) is 5.91. The summed E-state index contributed by atoms with van der Waals surface area (Å²) in [4.78, 5) is 9.09. The summed E-state index contributed by atoms with van der Waals surface area (Å²) in [5, 5.41) is 1.97. The minimum absolute atomic E-state index is 0.359. The quantitative estimate of drug-likeness (QED) is 0.743. The molecular formula is C19H24ClFN4. The van der Waals surface area contributed by atoms with Gasteiger partial charge in [0.25, 0.3) is 0 Å². The summed E-state index contributed by atoms with van der Waals surface area (Å²) in [7, 11) is 0. The predicted octanol–water partition coefficient (Wildman–Crippen LogP) is 3.13. The van der Waals surface area contributed by atoms with E-state index in [9.17, 15) is 4.39 Å². The summed E-state index contributed by atoms with van der Waals surface area (Å²) in [5.74, 6) is 0.936. The Bertz CT molecular complexity index is 823. The van der Waals surface area contributed by atoms with Crippen LogP contribution in [0.5, 0.6) is 0 Å². The highest BCUT2D eigenvalue weighted by Gasteiger charge is 2.04. The maximum absolute atomic E-state index is 12.8. The molecule has 0 fully saturated rings. The maximum atomic E-state index is 12.8. The molecule has 2 N–H and O–H groups in total. The fourth-order valence-electron chi connectivity index (χ4n) is 2.27. The molecule has 25 heavy (non-hydrogen) atoms. The van der Waals surface area contributed by atoms with Crippen molar-refractivity contribution in [2.75, 3.05) is 12.1 Å². The molecule has 134 valence electrons. The number of alkyl halides is 1. The van der Waals surface area contributed by atoms with Gasteiger partial charge < -0.3 is 5.43 Å². The van der Waals surface area contributed by atoms with Crippen molar-refractivity contribution in [2.45, 2.75) is 33.7 Å². The van der Waals surface area contributed by atoms with Gasteiger partial charge in [-0.05, 0) is 30.5 Å². The molecule has 0 aliphatic rings. The number of aromatic nitrogens is 2. The van der Waals surface area contributed by atoms with Crippen molar-refractivity contribution >= 4 is 29.6 Å². The largest absolute Gasteiger partial charge is 0.304 e. The Morgan fingerprint density at radius 3 is 2.68 bits per heavy atom. The van der Waals surface area contributed by atoms with E-state index in [1.807, 2.05) is 37.3 Å². The van der Waals surface area contributed by atoms with Crippen LogP contribution in [0.1, 0.15) is 31.5 Å². The molecule has 2 aromatic rings. The summed E-state index contributed by atoms with van der Waals surface area (Å²) >= 11 is 6.14. The average Bonchev–Trinajstić information content (AvgIpc) is 2.60. The molecule has 0 radical (unpaired) electrons. The number of halogens is 2. The third kappa shape index (κ3) is 5.51. The van der Waals surface area contributed by atoms with E-state index < -0.39 is 6.67 Å². The van der Waals surface area contributed by atoms with Crippen molar-refractivity contribution < 1.29 is 4.39 Å². The van der Waals surface area contributed by atoms with E-state index in [4.69, 9.17) is 11.6 Å². The second-order valence-corrected chi connectivity index (χ2v) is 6.32. The predicted molar refractivity (Wildman–Crippen MR) is 102 cm³/mol. The molecule has 1 atom stereocenters. The van der Waals surface area contributed by atoms with Gasteiger partial charge in [-0.25, -0.2) is 19.8 Å². The van der Waals surface area contributed by atoms with Crippen LogP contribution in [-0.4, -0.2) is 16.6 Å². The first-order valence-corrected chi connectivity index (χ1v) is 8.77. The van der Waals surface area contributed by atoms with Gasteiger partial charge in [-0.15, -0.1) is 0 Å². The standard InChI is InChI=1S/C19H24ClFN4/c1-4-13(2)11-18-17(9-10-21)24-19(14(3)23-18)25-22-12-15-7-5-6-8-16(15)20/h5-9,11,13,22H,4,10,12H2,1-3H3,(H,24,25)/b17-9+,18-11+. The van der Waals surface area contributed by atoms with Gasteiger partial charge in [-0.1, -0.05) is 56.1 Å². The molecule has 6 heteroatoms. The van der Waals surface area contributed by atoms with Crippen LogP contribution in [0.3, 0.4) is 0 Å². The number of nitrogens with zero attached hydrogens (tertiary/aromatic N) is 2. The summed E-state index contributed by atoms with van der Waals surface area (Å²) in [6, 6.07) is 7.61. The van der Waals surface area contributed by atoms with Crippen LogP contribution in [0, 0.1) is 12.8 Å². The zero-order valence-corrected chi connectivity index (χ0v) is 15.6. The van der Waals surface area contributed by atoms with E-state index in [0.717, 1.165) is 23.0 Å². The number of nitrogens with one attached hydrogen (secondary N) is 2. The molecule has 1 heterocycles. The molecule has 1 aromatic carbocycles. The Balaban J connectivity index is 2.21. The van der Waals surface area contributed by atoms with E-state index in [1.165, 1.54) is 6.08 Å².